The van der Waals surface area contributed by atoms with E-state index in [1.165, 1.54) is 0 Å². The van der Waals surface area contributed by atoms with E-state index in [1.807, 2.05) is 10.4 Å². The van der Waals surface area contributed by atoms with Crippen LogP contribution in [-0.4, -0.2) is 15.5 Å². The average molecular weight is 292 g/mol. The third kappa shape index (κ3) is 3.63. The second kappa shape index (κ2) is 6.14. The fourth-order valence-electron chi connectivity index (χ4n) is 1.80. The molecule has 0 saturated carbocycles. The van der Waals surface area contributed by atoms with Crippen LogP contribution in [0.25, 0.3) is 0 Å². The van der Waals surface area contributed by atoms with Crippen molar-refractivity contribution >= 4 is 5.91 Å². The number of aromatic amines is 1. The topological polar surface area (TPSA) is 110 Å². The Hall–Kier alpha value is -2.74. The fourth-order valence-corrected chi connectivity index (χ4v) is 1.80. The number of hydrogen-bond donors (Lipinski definition) is 3. The molecule has 0 saturated heterocycles. The number of nitrogens with one attached hydrogen (secondary N) is 2. The van der Waals surface area contributed by atoms with Crippen molar-refractivity contribution in [3.8, 4) is 0 Å². The van der Waals surface area contributed by atoms with Crippen LogP contribution in [0.3, 0.4) is 0 Å². The quantitative estimate of drug-likeness (QED) is 0.391. The minimum atomic E-state index is -1.04. The molecule has 21 heavy (non-hydrogen) atoms. The molecule has 2 aromatic rings. The van der Waals surface area contributed by atoms with Gasteiger partial charge in [-0.3, -0.25) is 24.6 Å². The van der Waals surface area contributed by atoms with Crippen LogP contribution < -0.4 is 22.5 Å². The summed E-state index contributed by atoms with van der Waals surface area (Å²) in [4.78, 5) is 35.4. The van der Waals surface area contributed by atoms with Gasteiger partial charge in [0.15, 0.2) is 0 Å². The standard InChI is InChI=1S/C13H13FN4O3/c14-10-7-18(13(21)16-12(10)20)6-9-3-1-8(2-4-9)5-11(19)17-15/h1-4,7H,5-6,15H2,(H,17,19)(H,16,20,21). The Morgan fingerprint density at radius 1 is 1.24 bits per heavy atom. The maximum atomic E-state index is 13.1. The lowest BCUT2D eigenvalue weighted by Crippen LogP contribution is -2.31. The van der Waals surface area contributed by atoms with Gasteiger partial charge in [-0.25, -0.2) is 10.6 Å². The van der Waals surface area contributed by atoms with Gasteiger partial charge in [-0.2, -0.15) is 4.39 Å². The maximum absolute atomic E-state index is 13.1. The molecule has 4 N–H and O–H groups in total. The lowest BCUT2D eigenvalue weighted by atomic mass is 10.1. The van der Waals surface area contributed by atoms with Crippen LogP contribution in [0, 0.1) is 5.82 Å². The predicted molar refractivity (Wildman–Crippen MR) is 72.9 cm³/mol. The summed E-state index contributed by atoms with van der Waals surface area (Å²) in [6.07, 6.45) is 1.00. The number of carbonyl (C=O) groups is 1. The van der Waals surface area contributed by atoms with E-state index in [2.05, 4.69) is 0 Å². The first-order valence-corrected chi connectivity index (χ1v) is 6.06. The van der Waals surface area contributed by atoms with Crippen LogP contribution in [-0.2, 0) is 17.8 Å². The predicted octanol–water partition coefficient (Wildman–Crippen LogP) is -0.744. The van der Waals surface area contributed by atoms with Gasteiger partial charge in [-0.1, -0.05) is 24.3 Å². The zero-order valence-corrected chi connectivity index (χ0v) is 10.9. The van der Waals surface area contributed by atoms with Crippen LogP contribution in [0.15, 0.2) is 40.1 Å². The summed E-state index contributed by atoms with van der Waals surface area (Å²) in [5.74, 6) is 3.65. The third-order valence-electron chi connectivity index (χ3n) is 2.87. The van der Waals surface area contributed by atoms with Crippen LogP contribution in [0.1, 0.15) is 11.1 Å². The van der Waals surface area contributed by atoms with E-state index >= 15 is 0 Å². The van der Waals surface area contributed by atoms with Crippen molar-refractivity contribution < 1.29 is 9.18 Å². The molecule has 8 heteroatoms. The van der Waals surface area contributed by atoms with Crippen molar-refractivity contribution in [1.29, 1.82) is 0 Å². The highest BCUT2D eigenvalue weighted by molar-refractivity contribution is 5.77. The smallest absolute Gasteiger partial charge is 0.294 e. The lowest BCUT2D eigenvalue weighted by Gasteiger charge is -2.06. The van der Waals surface area contributed by atoms with Gasteiger partial charge < -0.3 is 0 Å². The van der Waals surface area contributed by atoms with Crippen LogP contribution >= 0.6 is 0 Å². The van der Waals surface area contributed by atoms with Crippen molar-refractivity contribution in [2.75, 3.05) is 0 Å². The number of hydrogen-bond acceptors (Lipinski definition) is 4. The van der Waals surface area contributed by atoms with Gasteiger partial charge in [0.25, 0.3) is 5.56 Å². The van der Waals surface area contributed by atoms with E-state index in [0.29, 0.717) is 0 Å². The minimum absolute atomic E-state index is 0.107. The summed E-state index contributed by atoms with van der Waals surface area (Å²) in [6, 6.07) is 6.82. The minimum Gasteiger partial charge on any atom is -0.294 e. The van der Waals surface area contributed by atoms with Gasteiger partial charge in [-0.05, 0) is 11.1 Å². The molecule has 0 atom stereocenters. The van der Waals surface area contributed by atoms with Crippen LogP contribution in [0.4, 0.5) is 4.39 Å². The molecule has 1 aromatic carbocycles. The molecule has 0 aliphatic carbocycles. The van der Waals surface area contributed by atoms with Crippen molar-refractivity contribution in [2.24, 2.45) is 5.84 Å². The number of H-pyrrole nitrogens is 1. The zero-order chi connectivity index (χ0) is 15.4. The third-order valence-corrected chi connectivity index (χ3v) is 2.87. The number of benzene rings is 1. The number of hydrazine groups is 1. The second-order valence-electron chi connectivity index (χ2n) is 4.43. The number of aromatic nitrogens is 2. The Labute approximate surface area is 118 Å². The van der Waals surface area contributed by atoms with Gasteiger partial charge in [0.05, 0.1) is 19.2 Å². The van der Waals surface area contributed by atoms with Gasteiger partial charge >= 0.3 is 5.69 Å². The molecule has 1 aromatic heterocycles. The molecule has 1 heterocycles. The molecule has 0 bridgehead atoms. The SMILES string of the molecule is NNC(=O)Cc1ccc(Cn2cc(F)c(=O)[nH]c2=O)cc1. The number of amides is 1. The summed E-state index contributed by atoms with van der Waals surface area (Å²) >= 11 is 0. The number of carbonyl (C=O) groups excluding carboxylic acids is 1. The summed E-state index contributed by atoms with van der Waals surface area (Å²) in [5, 5.41) is 0. The number of rotatable bonds is 4. The first kappa shape index (κ1) is 14.7. The summed E-state index contributed by atoms with van der Waals surface area (Å²) in [7, 11) is 0. The van der Waals surface area contributed by atoms with E-state index in [4.69, 9.17) is 5.84 Å². The Balaban J connectivity index is 2.17. The lowest BCUT2D eigenvalue weighted by molar-refractivity contribution is -0.120. The largest absolute Gasteiger partial charge is 0.328 e. The molecule has 0 fully saturated rings. The first-order valence-electron chi connectivity index (χ1n) is 6.06. The Bertz CT molecular complexity index is 764. The maximum Gasteiger partial charge on any atom is 0.328 e. The molecule has 110 valence electrons. The molecule has 0 aliphatic heterocycles. The first-order chi connectivity index (χ1) is 9.99. The fraction of sp³-hybridized carbons (Fsp3) is 0.154. The summed E-state index contributed by atoms with van der Waals surface area (Å²) in [6.45, 7) is 0.107. The molecule has 7 nitrogen and oxygen atoms in total. The Kier molecular flexibility index (Phi) is 4.29. The molecule has 1 amide bonds. The average Bonchev–Trinajstić information content (AvgIpc) is 2.46. The van der Waals surface area contributed by atoms with Crippen molar-refractivity contribution in [1.82, 2.24) is 15.0 Å². The van der Waals surface area contributed by atoms with Gasteiger partial charge in [-0.15, -0.1) is 0 Å². The number of nitrogens with zero attached hydrogens (tertiary/aromatic N) is 1. The Morgan fingerprint density at radius 3 is 2.48 bits per heavy atom. The van der Waals surface area contributed by atoms with Crippen molar-refractivity contribution in [2.45, 2.75) is 13.0 Å². The normalized spacial score (nSPS) is 10.4. The van der Waals surface area contributed by atoms with Crippen molar-refractivity contribution in [3.63, 3.8) is 0 Å². The second-order valence-corrected chi connectivity index (χ2v) is 4.43. The Morgan fingerprint density at radius 2 is 1.86 bits per heavy atom. The molecule has 0 aliphatic rings. The van der Waals surface area contributed by atoms with E-state index < -0.39 is 17.1 Å². The highest BCUT2D eigenvalue weighted by atomic mass is 19.1. The molecule has 0 spiro atoms. The highest BCUT2D eigenvalue weighted by Crippen LogP contribution is 2.06. The summed E-state index contributed by atoms with van der Waals surface area (Å²) in [5.41, 5.74) is 1.77. The summed E-state index contributed by atoms with van der Waals surface area (Å²) < 4.78 is 14.2. The molecular weight excluding hydrogens is 279 g/mol. The molecule has 0 unspecified atom stereocenters. The van der Waals surface area contributed by atoms with E-state index in [0.717, 1.165) is 21.9 Å². The van der Waals surface area contributed by atoms with Crippen LogP contribution in [0.2, 0.25) is 0 Å². The monoisotopic (exact) mass is 292 g/mol. The van der Waals surface area contributed by atoms with Gasteiger partial charge in [0, 0.05) is 0 Å². The highest BCUT2D eigenvalue weighted by Gasteiger charge is 2.05. The molecule has 0 radical (unpaired) electrons. The van der Waals surface area contributed by atoms with Gasteiger partial charge in [0.1, 0.15) is 0 Å². The number of halogens is 1. The van der Waals surface area contributed by atoms with E-state index in [1.54, 1.807) is 24.3 Å². The van der Waals surface area contributed by atoms with Gasteiger partial charge in [0.2, 0.25) is 11.7 Å². The zero-order valence-electron chi connectivity index (χ0n) is 10.9. The number of nitrogens with two attached hydrogens (primary N) is 1. The van der Waals surface area contributed by atoms with E-state index in [-0.39, 0.29) is 18.9 Å². The molecular formula is C13H13FN4O3. The van der Waals surface area contributed by atoms with Crippen LogP contribution in [0.5, 0.6) is 0 Å². The van der Waals surface area contributed by atoms with E-state index in [9.17, 15) is 18.8 Å². The van der Waals surface area contributed by atoms with Crippen molar-refractivity contribution in [3.05, 3.63) is 68.2 Å². The molecule has 2 rings (SSSR count).